The van der Waals surface area contributed by atoms with Crippen molar-refractivity contribution in [2.75, 3.05) is 33.3 Å². The van der Waals surface area contributed by atoms with E-state index in [4.69, 9.17) is 0 Å². The first-order valence-corrected chi connectivity index (χ1v) is 11.2. The summed E-state index contributed by atoms with van der Waals surface area (Å²) in [4.78, 5) is 10.8. The van der Waals surface area contributed by atoms with Crippen molar-refractivity contribution < 1.29 is 19.1 Å². The van der Waals surface area contributed by atoms with Crippen molar-refractivity contribution in [3.63, 3.8) is 0 Å². The fraction of sp³-hybridized carbons (Fsp3) is 0.708. The Hall–Kier alpha value is -1.55. The smallest absolute Gasteiger partial charge is 0.337 e. The highest BCUT2D eigenvalue weighted by atomic mass is 16.5. The summed E-state index contributed by atoms with van der Waals surface area (Å²) in [7, 11) is 1.24. The largest absolute Gasteiger partial charge is 0.872 e. The van der Waals surface area contributed by atoms with Gasteiger partial charge in [-0.1, -0.05) is 77.3 Å². The van der Waals surface area contributed by atoms with E-state index >= 15 is 0 Å². The molecule has 4 nitrogen and oxygen atoms in total. The van der Waals surface area contributed by atoms with Crippen molar-refractivity contribution in [2.24, 2.45) is 0 Å². The summed E-state index contributed by atoms with van der Waals surface area (Å²) in [5.41, 5.74) is 0.0787. The molecule has 0 atom stereocenters. The number of para-hydroxylation sites is 1. The molecule has 162 valence electrons. The molecule has 0 aliphatic rings. The predicted octanol–water partition coefficient (Wildman–Crippen LogP) is 5.55. The van der Waals surface area contributed by atoms with Crippen LogP contribution in [0.2, 0.25) is 0 Å². The highest BCUT2D eigenvalue weighted by Crippen LogP contribution is 2.16. The number of unbranched alkanes of at least 4 members (excludes halogenated alkanes) is 4. The van der Waals surface area contributed by atoms with Gasteiger partial charge in [-0.15, -0.1) is 0 Å². The van der Waals surface area contributed by atoms with Crippen molar-refractivity contribution in [1.29, 1.82) is 0 Å². The van der Waals surface area contributed by atoms with Crippen molar-refractivity contribution in [1.82, 2.24) is 0 Å². The molecule has 0 aliphatic carbocycles. The third-order valence-electron chi connectivity index (χ3n) is 5.24. The maximum atomic E-state index is 10.9. The molecule has 0 radical (unpaired) electrons. The molecular formula is C24H43NO3. The molecule has 0 spiro atoms. The van der Waals surface area contributed by atoms with E-state index in [0.29, 0.717) is 0 Å². The molecule has 0 saturated carbocycles. The molecule has 1 aromatic carbocycles. The maximum Gasteiger partial charge on any atom is 0.337 e. The minimum absolute atomic E-state index is 0.0787. The Morgan fingerprint density at radius 1 is 0.821 bits per heavy atom. The molecule has 0 aromatic heterocycles. The van der Waals surface area contributed by atoms with Crippen LogP contribution in [-0.4, -0.2) is 43.7 Å². The van der Waals surface area contributed by atoms with Crippen LogP contribution in [-0.2, 0) is 4.74 Å². The molecule has 0 bridgehead atoms. The lowest BCUT2D eigenvalue weighted by Gasteiger charge is -2.39. The number of nitrogens with zero attached hydrogens (tertiary/aromatic N) is 1. The van der Waals surface area contributed by atoms with Gasteiger partial charge < -0.3 is 14.3 Å². The lowest BCUT2D eigenvalue weighted by atomic mass is 10.1. The van der Waals surface area contributed by atoms with Crippen molar-refractivity contribution in [2.45, 2.75) is 79.1 Å². The molecule has 0 unspecified atom stereocenters. The molecule has 0 fully saturated rings. The average molecular weight is 394 g/mol. The first-order chi connectivity index (χ1) is 13.5. The van der Waals surface area contributed by atoms with Crippen LogP contribution in [0.15, 0.2) is 24.3 Å². The van der Waals surface area contributed by atoms with Gasteiger partial charge >= 0.3 is 5.97 Å². The van der Waals surface area contributed by atoms with E-state index in [2.05, 4.69) is 32.4 Å². The van der Waals surface area contributed by atoms with Crippen LogP contribution in [0.5, 0.6) is 5.75 Å². The van der Waals surface area contributed by atoms with E-state index in [9.17, 15) is 9.90 Å². The first kappa shape index (κ1) is 26.4. The number of ether oxygens (including phenoxy) is 1. The lowest BCUT2D eigenvalue weighted by molar-refractivity contribution is -0.929. The molecule has 28 heavy (non-hydrogen) atoms. The number of hydrogen-bond donors (Lipinski definition) is 0. The maximum absolute atomic E-state index is 10.9. The summed E-state index contributed by atoms with van der Waals surface area (Å²) in [6, 6.07) is 5.96. The fourth-order valence-electron chi connectivity index (χ4n) is 3.39. The van der Waals surface area contributed by atoms with Gasteiger partial charge in [0.25, 0.3) is 0 Å². The van der Waals surface area contributed by atoms with Crippen LogP contribution < -0.4 is 5.11 Å². The molecule has 0 heterocycles. The Kier molecular flexibility index (Phi) is 15.5. The number of benzene rings is 1. The SMILES string of the molecule is CCCC[N+](CCCC)(CCCC)CCCC.COC(=O)c1ccccc1[O-]. The van der Waals surface area contributed by atoms with E-state index in [1.165, 1.54) is 101 Å². The fourth-order valence-corrected chi connectivity index (χ4v) is 3.39. The van der Waals surface area contributed by atoms with Crippen LogP contribution >= 0.6 is 0 Å². The standard InChI is InChI=1S/C16H36N.C8H8O3/c1-5-9-13-17(14-10-6-2,15-11-7-3)16-12-8-4;1-11-8(10)6-4-2-3-5-7(6)9/h5-16H2,1-4H3;2-5,9H,1H3/q+1;/p-1. The van der Waals surface area contributed by atoms with Crippen molar-refractivity contribution in [3.05, 3.63) is 29.8 Å². The first-order valence-electron chi connectivity index (χ1n) is 11.2. The highest BCUT2D eigenvalue weighted by Gasteiger charge is 2.24. The molecule has 1 rings (SSSR count). The summed E-state index contributed by atoms with van der Waals surface area (Å²) in [5, 5.41) is 10.9. The van der Waals surface area contributed by atoms with Gasteiger partial charge in [-0.3, -0.25) is 0 Å². The topological polar surface area (TPSA) is 49.4 Å². The predicted molar refractivity (Wildman–Crippen MR) is 117 cm³/mol. The van der Waals surface area contributed by atoms with Crippen LogP contribution in [0.25, 0.3) is 0 Å². The van der Waals surface area contributed by atoms with Crippen molar-refractivity contribution in [3.8, 4) is 5.75 Å². The van der Waals surface area contributed by atoms with E-state index in [1.54, 1.807) is 12.1 Å². The van der Waals surface area contributed by atoms with Crippen molar-refractivity contribution >= 4 is 5.97 Å². The zero-order chi connectivity index (χ0) is 21.3. The highest BCUT2D eigenvalue weighted by molar-refractivity contribution is 5.91. The Morgan fingerprint density at radius 2 is 1.21 bits per heavy atom. The van der Waals surface area contributed by atoms with Gasteiger partial charge in [0.15, 0.2) is 0 Å². The number of carbonyl (C=O) groups excluding carboxylic acids is 1. The lowest BCUT2D eigenvalue weighted by Crippen LogP contribution is -2.50. The van der Waals surface area contributed by atoms with Gasteiger partial charge in [0.05, 0.1) is 38.9 Å². The number of esters is 1. The molecule has 0 aliphatic heterocycles. The van der Waals surface area contributed by atoms with Gasteiger partial charge in [-0.25, -0.2) is 4.79 Å². The summed E-state index contributed by atoms with van der Waals surface area (Å²) in [6.07, 6.45) is 11.1. The minimum Gasteiger partial charge on any atom is -0.872 e. The Morgan fingerprint density at radius 3 is 1.54 bits per heavy atom. The number of rotatable bonds is 13. The normalized spacial score (nSPS) is 10.9. The minimum atomic E-state index is -0.587. The van der Waals surface area contributed by atoms with Gasteiger partial charge in [0, 0.05) is 0 Å². The third kappa shape index (κ3) is 10.7. The summed E-state index contributed by atoms with van der Waals surface area (Å²) >= 11 is 0. The number of carbonyl (C=O) groups is 1. The molecular weight excluding hydrogens is 350 g/mol. The Labute approximate surface area is 173 Å². The number of hydrogen-bond acceptors (Lipinski definition) is 3. The monoisotopic (exact) mass is 393 g/mol. The second-order valence-electron chi connectivity index (χ2n) is 7.64. The van der Waals surface area contributed by atoms with E-state index in [1.807, 2.05) is 0 Å². The van der Waals surface area contributed by atoms with E-state index < -0.39 is 5.97 Å². The summed E-state index contributed by atoms with van der Waals surface area (Å²) in [5.74, 6) is -0.894. The molecule has 0 N–H and O–H groups in total. The van der Waals surface area contributed by atoms with Gasteiger partial charge in [-0.05, 0) is 31.7 Å². The Bertz CT molecular complexity index is 479. The quantitative estimate of drug-likeness (QED) is 0.326. The zero-order valence-corrected chi connectivity index (χ0v) is 19.0. The molecule has 0 saturated heterocycles. The van der Waals surface area contributed by atoms with Crippen LogP contribution in [0.4, 0.5) is 0 Å². The van der Waals surface area contributed by atoms with Crippen LogP contribution in [0.3, 0.4) is 0 Å². The molecule has 1 aromatic rings. The van der Waals surface area contributed by atoms with Gasteiger partial charge in [0.1, 0.15) is 0 Å². The average Bonchev–Trinajstić information content (AvgIpc) is 2.73. The van der Waals surface area contributed by atoms with E-state index in [0.717, 1.165) is 0 Å². The number of methoxy groups -OCH3 is 1. The van der Waals surface area contributed by atoms with Crippen LogP contribution in [0, 0.1) is 0 Å². The molecule has 0 amide bonds. The third-order valence-corrected chi connectivity index (χ3v) is 5.24. The molecule has 4 heteroatoms. The Balaban J connectivity index is 0.000000567. The second kappa shape index (κ2) is 16.4. The summed E-state index contributed by atoms with van der Waals surface area (Å²) in [6.45, 7) is 15.0. The second-order valence-corrected chi connectivity index (χ2v) is 7.64. The number of quaternary nitrogens is 1. The van der Waals surface area contributed by atoms with Gasteiger partial charge in [0.2, 0.25) is 0 Å². The summed E-state index contributed by atoms with van der Waals surface area (Å²) < 4.78 is 5.80. The van der Waals surface area contributed by atoms with Crippen LogP contribution in [0.1, 0.15) is 89.4 Å². The van der Waals surface area contributed by atoms with E-state index in [-0.39, 0.29) is 11.3 Å². The zero-order valence-electron chi connectivity index (χ0n) is 19.0. The van der Waals surface area contributed by atoms with Gasteiger partial charge in [-0.2, -0.15) is 0 Å².